The van der Waals surface area contributed by atoms with E-state index in [0.717, 1.165) is 9.64 Å². The van der Waals surface area contributed by atoms with Gasteiger partial charge in [-0.2, -0.15) is 4.98 Å². The summed E-state index contributed by atoms with van der Waals surface area (Å²) in [5, 5.41) is 13.3. The van der Waals surface area contributed by atoms with Crippen molar-refractivity contribution in [2.24, 2.45) is 0 Å². The molecule has 1 N–H and O–H groups in total. The van der Waals surface area contributed by atoms with Gasteiger partial charge in [0.1, 0.15) is 11.5 Å². The van der Waals surface area contributed by atoms with Gasteiger partial charge in [-0.05, 0) is 52.8 Å². The van der Waals surface area contributed by atoms with Gasteiger partial charge in [0.15, 0.2) is 5.65 Å². The summed E-state index contributed by atoms with van der Waals surface area (Å²) in [5.74, 6) is -1.40. The highest BCUT2D eigenvalue weighted by Crippen LogP contribution is 2.31. The first-order valence-electron chi connectivity index (χ1n) is 8.19. The Balaban J connectivity index is 1.68. The van der Waals surface area contributed by atoms with Gasteiger partial charge in [-0.3, -0.25) is 4.79 Å². The van der Waals surface area contributed by atoms with Crippen LogP contribution in [0.25, 0.3) is 28.6 Å². The number of carboxylic acids is 1. The van der Waals surface area contributed by atoms with Crippen LogP contribution in [0.2, 0.25) is 10.0 Å². The lowest BCUT2D eigenvalue weighted by atomic mass is 10.1. The van der Waals surface area contributed by atoms with Crippen molar-refractivity contribution in [3.8, 4) is 23.0 Å². The highest BCUT2D eigenvalue weighted by molar-refractivity contribution is 14.1. The number of aromatic nitrogens is 4. The van der Waals surface area contributed by atoms with E-state index < -0.39 is 11.8 Å². The normalized spacial score (nSPS) is 11.3. The smallest absolute Gasteiger partial charge is 0.303 e. The summed E-state index contributed by atoms with van der Waals surface area (Å²) in [6.07, 6.45) is 3.36. The summed E-state index contributed by atoms with van der Waals surface area (Å²) >= 11 is 14.6. The fraction of sp³-hybridized carbons (Fsp3) is 0.111. The molecule has 0 aliphatic rings. The van der Waals surface area contributed by atoms with Crippen molar-refractivity contribution in [1.29, 1.82) is 0 Å². The van der Waals surface area contributed by atoms with Crippen molar-refractivity contribution in [3.05, 3.63) is 55.6 Å². The molecule has 3 aromatic heterocycles. The van der Waals surface area contributed by atoms with Crippen LogP contribution in [-0.2, 0) is 11.2 Å². The third kappa shape index (κ3) is 4.07. The van der Waals surface area contributed by atoms with Gasteiger partial charge in [-0.15, -0.1) is 0 Å². The number of rotatable bonds is 5. The topological polar surface area (TPSA) is 93.5 Å². The standard InChI is InChI=1S/C18H10Cl2FIN4O3/c19-11-3-8(1-2-15(27)28)13(21)5-10(11)16-24-18(29-25-16)14-7-26-6-9(22)4-12(20)17(26)23-14/h3-7H,1-2H2,(H,27,28). The number of nitrogens with zero attached hydrogens (tertiary/aromatic N) is 4. The fourth-order valence-corrected chi connectivity index (χ4v) is 4.08. The minimum absolute atomic E-state index is 0.0272. The van der Waals surface area contributed by atoms with Gasteiger partial charge in [-0.25, -0.2) is 9.37 Å². The monoisotopic (exact) mass is 546 g/mol. The van der Waals surface area contributed by atoms with E-state index in [-0.39, 0.29) is 40.7 Å². The van der Waals surface area contributed by atoms with Crippen LogP contribution in [0.5, 0.6) is 0 Å². The second-order valence-electron chi connectivity index (χ2n) is 6.10. The number of pyridine rings is 1. The van der Waals surface area contributed by atoms with E-state index >= 15 is 0 Å². The number of hydrogen-bond acceptors (Lipinski definition) is 5. The largest absolute Gasteiger partial charge is 0.481 e. The van der Waals surface area contributed by atoms with Crippen LogP contribution in [0.3, 0.4) is 0 Å². The van der Waals surface area contributed by atoms with E-state index in [9.17, 15) is 9.18 Å². The summed E-state index contributed by atoms with van der Waals surface area (Å²) in [6, 6.07) is 4.32. The van der Waals surface area contributed by atoms with Gasteiger partial charge >= 0.3 is 5.97 Å². The molecule has 4 aromatic rings. The quantitative estimate of drug-likeness (QED) is 0.349. The van der Waals surface area contributed by atoms with Crippen molar-refractivity contribution < 1.29 is 18.8 Å². The molecule has 0 aliphatic carbocycles. The van der Waals surface area contributed by atoms with Crippen LogP contribution in [0, 0.1) is 9.39 Å². The van der Waals surface area contributed by atoms with Crippen LogP contribution in [0.15, 0.2) is 35.1 Å². The highest BCUT2D eigenvalue weighted by atomic mass is 127. The second-order valence-corrected chi connectivity index (χ2v) is 8.16. The van der Waals surface area contributed by atoms with Gasteiger partial charge in [0.25, 0.3) is 5.89 Å². The Labute approximate surface area is 186 Å². The number of halogens is 4. The lowest BCUT2D eigenvalue weighted by molar-refractivity contribution is -0.136. The molecule has 0 fully saturated rings. The molecule has 148 valence electrons. The molecule has 0 unspecified atom stereocenters. The van der Waals surface area contributed by atoms with Crippen molar-refractivity contribution in [3.63, 3.8) is 0 Å². The minimum Gasteiger partial charge on any atom is -0.481 e. The highest BCUT2D eigenvalue weighted by Gasteiger charge is 2.19. The third-order valence-corrected chi connectivity index (χ3v) is 5.28. The summed E-state index contributed by atoms with van der Waals surface area (Å²) in [5.41, 5.74) is 1.38. The molecule has 0 spiro atoms. The maximum atomic E-state index is 14.3. The SMILES string of the molecule is O=C(O)CCc1cc(Cl)c(-c2noc(-c3cn4cc(I)cc(Cl)c4n3)n2)cc1F. The molecule has 0 amide bonds. The Kier molecular flexibility index (Phi) is 5.45. The van der Waals surface area contributed by atoms with Crippen molar-refractivity contribution in [1.82, 2.24) is 19.5 Å². The Morgan fingerprint density at radius 2 is 2.00 bits per heavy atom. The summed E-state index contributed by atoms with van der Waals surface area (Å²) in [7, 11) is 0. The van der Waals surface area contributed by atoms with E-state index in [2.05, 4.69) is 37.7 Å². The molecular weight excluding hydrogens is 537 g/mol. The van der Waals surface area contributed by atoms with Crippen molar-refractivity contribution >= 4 is 57.4 Å². The summed E-state index contributed by atoms with van der Waals surface area (Å²) in [4.78, 5) is 19.3. The predicted octanol–water partition coefficient (Wildman–Crippen LogP) is 5.12. The van der Waals surface area contributed by atoms with Gasteiger partial charge in [0, 0.05) is 27.9 Å². The third-order valence-electron chi connectivity index (χ3n) is 4.10. The Hall–Kier alpha value is -2.24. The zero-order valence-corrected chi connectivity index (χ0v) is 18.0. The Morgan fingerprint density at radius 1 is 1.21 bits per heavy atom. The molecule has 0 atom stereocenters. The molecule has 0 radical (unpaired) electrons. The zero-order valence-electron chi connectivity index (χ0n) is 14.4. The first kappa shape index (κ1) is 20.0. The first-order valence-corrected chi connectivity index (χ1v) is 10.0. The van der Waals surface area contributed by atoms with Gasteiger partial charge < -0.3 is 14.0 Å². The molecule has 3 heterocycles. The molecule has 7 nitrogen and oxygen atoms in total. The van der Waals surface area contributed by atoms with E-state index in [1.807, 2.05) is 6.20 Å². The zero-order chi connectivity index (χ0) is 20.7. The molecule has 4 rings (SSSR count). The lowest BCUT2D eigenvalue weighted by Gasteiger charge is -2.05. The molecular formula is C18H10Cl2FIN4O3. The maximum Gasteiger partial charge on any atom is 0.303 e. The number of imidazole rings is 1. The average molecular weight is 547 g/mol. The van der Waals surface area contributed by atoms with E-state index in [1.165, 1.54) is 6.07 Å². The van der Waals surface area contributed by atoms with E-state index in [4.69, 9.17) is 32.8 Å². The van der Waals surface area contributed by atoms with Gasteiger partial charge in [0.05, 0.1) is 10.0 Å². The average Bonchev–Trinajstić information content (AvgIpc) is 3.28. The molecule has 0 bridgehead atoms. The van der Waals surface area contributed by atoms with Crippen LogP contribution in [-0.4, -0.2) is 30.6 Å². The molecule has 0 saturated heterocycles. The van der Waals surface area contributed by atoms with Crippen molar-refractivity contribution in [2.75, 3.05) is 0 Å². The number of aliphatic carboxylic acids is 1. The Bertz CT molecular complexity index is 1260. The number of carboxylic acid groups (broad SMARTS) is 1. The second kappa shape index (κ2) is 7.88. The van der Waals surface area contributed by atoms with Crippen LogP contribution in [0.1, 0.15) is 12.0 Å². The number of hydrogen-bond donors (Lipinski definition) is 1. The fourth-order valence-electron chi connectivity index (χ4n) is 2.76. The number of benzene rings is 1. The Morgan fingerprint density at radius 3 is 2.76 bits per heavy atom. The van der Waals surface area contributed by atoms with Crippen molar-refractivity contribution in [2.45, 2.75) is 12.8 Å². The maximum absolute atomic E-state index is 14.3. The number of carbonyl (C=O) groups is 1. The van der Waals surface area contributed by atoms with E-state index in [0.29, 0.717) is 16.4 Å². The molecule has 0 saturated carbocycles. The molecule has 0 aliphatic heterocycles. The lowest BCUT2D eigenvalue weighted by Crippen LogP contribution is -2.00. The van der Waals surface area contributed by atoms with Gasteiger partial charge in [0.2, 0.25) is 5.82 Å². The number of aryl methyl sites for hydroxylation is 1. The minimum atomic E-state index is -1.02. The van der Waals surface area contributed by atoms with Crippen LogP contribution >= 0.6 is 45.8 Å². The van der Waals surface area contributed by atoms with Crippen LogP contribution < -0.4 is 0 Å². The number of fused-ring (bicyclic) bond motifs is 1. The van der Waals surface area contributed by atoms with Crippen LogP contribution in [0.4, 0.5) is 4.39 Å². The summed E-state index contributed by atoms with van der Waals surface area (Å²) in [6.45, 7) is 0. The molecule has 1 aromatic carbocycles. The summed E-state index contributed by atoms with van der Waals surface area (Å²) < 4.78 is 22.3. The first-order chi connectivity index (χ1) is 13.8. The van der Waals surface area contributed by atoms with Gasteiger partial charge in [-0.1, -0.05) is 28.4 Å². The van der Waals surface area contributed by atoms with E-state index in [1.54, 1.807) is 16.7 Å². The predicted molar refractivity (Wildman–Crippen MR) is 113 cm³/mol. The molecule has 11 heteroatoms. The molecule has 29 heavy (non-hydrogen) atoms.